The van der Waals surface area contributed by atoms with Crippen LogP contribution in [0.4, 0.5) is 0 Å². The van der Waals surface area contributed by atoms with Crippen LogP contribution in [0.3, 0.4) is 0 Å². The van der Waals surface area contributed by atoms with Crippen LogP contribution in [0.2, 0.25) is 0 Å². The first-order chi connectivity index (χ1) is 4.35. The van der Waals surface area contributed by atoms with Crippen molar-refractivity contribution in [2.75, 3.05) is 0 Å². The lowest BCUT2D eigenvalue weighted by atomic mass is 10.1. The number of alkyl halides is 2. The predicted octanol–water partition coefficient (Wildman–Crippen LogP) is 2.32. The molecule has 1 aliphatic carbocycles. The summed E-state index contributed by atoms with van der Waals surface area (Å²) in [4.78, 5) is 10.5. The maximum atomic E-state index is 10.5. The molecule has 1 fully saturated rings. The number of hydrogen-bond acceptors (Lipinski definition) is 1. The monoisotopic (exact) mass is 218 g/mol. The van der Waals surface area contributed by atoms with Crippen LogP contribution in [0.1, 0.15) is 13.8 Å². The summed E-state index contributed by atoms with van der Waals surface area (Å²) in [6, 6.07) is 0. The Balaban J connectivity index is 0.000001000. The van der Waals surface area contributed by atoms with Crippen LogP contribution < -0.4 is 0 Å². The zero-order chi connectivity index (χ0) is 8.15. The summed E-state index contributed by atoms with van der Waals surface area (Å²) in [7, 11) is 0. The van der Waals surface area contributed by atoms with Crippen molar-refractivity contribution in [3.8, 4) is 0 Å². The van der Waals surface area contributed by atoms with Gasteiger partial charge in [-0.25, -0.2) is 0 Å². The van der Waals surface area contributed by atoms with Gasteiger partial charge in [-0.15, -0.1) is 35.6 Å². The van der Waals surface area contributed by atoms with Gasteiger partial charge in [0.1, 0.15) is 9.75 Å². The number of carbonyl (C=O) groups is 1. The Morgan fingerprint density at radius 2 is 1.82 bits per heavy atom. The Labute approximate surface area is 81.3 Å². The minimum absolute atomic E-state index is 0. The molecule has 0 aromatic rings. The molecule has 0 saturated heterocycles. The van der Waals surface area contributed by atoms with Crippen molar-refractivity contribution in [1.29, 1.82) is 0 Å². The smallest absolute Gasteiger partial charge is 0.312 e. The molecule has 1 N–H and O–H groups in total. The molecule has 1 aliphatic rings. The lowest BCUT2D eigenvalue weighted by molar-refractivity contribution is -0.143. The largest absolute Gasteiger partial charge is 0.481 e. The van der Waals surface area contributed by atoms with Gasteiger partial charge in [-0.2, -0.15) is 0 Å². The normalized spacial score (nSPS) is 39.1. The van der Waals surface area contributed by atoms with Gasteiger partial charge in [-0.1, -0.05) is 6.92 Å². The molecule has 2 unspecified atom stereocenters. The molecule has 1 rings (SSSR count). The van der Waals surface area contributed by atoms with E-state index in [0.29, 0.717) is 0 Å². The van der Waals surface area contributed by atoms with Crippen LogP contribution in [0, 0.1) is 11.3 Å². The summed E-state index contributed by atoms with van der Waals surface area (Å²) in [5.74, 6) is -1.09. The van der Waals surface area contributed by atoms with E-state index >= 15 is 0 Å². The van der Waals surface area contributed by atoms with E-state index in [1.54, 1.807) is 13.8 Å². The zero-order valence-electron chi connectivity index (χ0n) is 6.10. The third-order valence-corrected chi connectivity index (χ3v) is 3.90. The molecule has 1 saturated carbocycles. The van der Waals surface area contributed by atoms with E-state index in [4.69, 9.17) is 28.3 Å². The molecule has 0 aromatic carbocycles. The van der Waals surface area contributed by atoms with Gasteiger partial charge in [0.15, 0.2) is 0 Å². The second kappa shape index (κ2) is 2.68. The highest BCUT2D eigenvalue weighted by molar-refractivity contribution is 6.53. The molecule has 0 radical (unpaired) electrons. The standard InChI is InChI=1S/C6H8Cl2O2.ClH/c1-3-5(2,4(9)10)6(3,7)8;/h3H,1-2H3,(H,9,10);1H. The molecular formula is C6H9Cl3O2. The van der Waals surface area contributed by atoms with E-state index < -0.39 is 15.7 Å². The maximum absolute atomic E-state index is 10.5. The SMILES string of the molecule is CC1C(Cl)(Cl)C1(C)C(=O)O.Cl. The average molecular weight is 219 g/mol. The fourth-order valence-electron chi connectivity index (χ4n) is 1.06. The molecule has 0 heterocycles. The molecule has 5 heteroatoms. The minimum Gasteiger partial charge on any atom is -0.481 e. The van der Waals surface area contributed by atoms with Gasteiger partial charge in [-0.05, 0) is 6.92 Å². The Morgan fingerprint density at radius 3 is 1.82 bits per heavy atom. The van der Waals surface area contributed by atoms with Crippen LogP contribution in [0.25, 0.3) is 0 Å². The van der Waals surface area contributed by atoms with Gasteiger partial charge in [0.25, 0.3) is 0 Å². The summed E-state index contributed by atoms with van der Waals surface area (Å²) >= 11 is 11.4. The zero-order valence-corrected chi connectivity index (χ0v) is 8.43. The average Bonchev–Trinajstić information content (AvgIpc) is 2.16. The lowest BCUT2D eigenvalue weighted by Gasteiger charge is -2.02. The van der Waals surface area contributed by atoms with Crippen molar-refractivity contribution >= 4 is 41.6 Å². The summed E-state index contributed by atoms with van der Waals surface area (Å²) in [5.41, 5.74) is -0.948. The highest BCUT2D eigenvalue weighted by atomic mass is 35.5. The fraction of sp³-hybridized carbons (Fsp3) is 0.833. The number of carboxylic acid groups (broad SMARTS) is 1. The molecular weight excluding hydrogens is 210 g/mol. The topological polar surface area (TPSA) is 37.3 Å². The van der Waals surface area contributed by atoms with Gasteiger partial charge in [-0.3, -0.25) is 4.79 Å². The first-order valence-electron chi connectivity index (χ1n) is 2.96. The van der Waals surface area contributed by atoms with Crippen molar-refractivity contribution in [3.05, 3.63) is 0 Å². The first-order valence-corrected chi connectivity index (χ1v) is 3.72. The van der Waals surface area contributed by atoms with Gasteiger partial charge >= 0.3 is 5.97 Å². The predicted molar refractivity (Wildman–Crippen MR) is 46.6 cm³/mol. The Bertz CT molecular complexity index is 192. The van der Waals surface area contributed by atoms with E-state index in [-0.39, 0.29) is 18.3 Å². The second-order valence-electron chi connectivity index (χ2n) is 2.85. The van der Waals surface area contributed by atoms with Crippen molar-refractivity contribution < 1.29 is 9.90 Å². The lowest BCUT2D eigenvalue weighted by Crippen LogP contribution is -2.17. The molecule has 66 valence electrons. The van der Waals surface area contributed by atoms with Gasteiger partial charge in [0.2, 0.25) is 0 Å². The van der Waals surface area contributed by atoms with E-state index in [1.807, 2.05) is 0 Å². The van der Waals surface area contributed by atoms with Gasteiger partial charge in [0, 0.05) is 5.92 Å². The molecule has 2 nitrogen and oxygen atoms in total. The van der Waals surface area contributed by atoms with Crippen LogP contribution in [-0.4, -0.2) is 15.4 Å². The second-order valence-corrected chi connectivity index (χ2v) is 4.24. The number of rotatable bonds is 1. The third kappa shape index (κ3) is 1.12. The van der Waals surface area contributed by atoms with E-state index in [1.165, 1.54) is 0 Å². The minimum atomic E-state index is -1.07. The van der Waals surface area contributed by atoms with E-state index in [0.717, 1.165) is 0 Å². The maximum Gasteiger partial charge on any atom is 0.312 e. The van der Waals surface area contributed by atoms with Crippen molar-refractivity contribution in [2.24, 2.45) is 11.3 Å². The molecule has 0 amide bonds. The molecule has 0 aromatic heterocycles. The molecule has 0 aliphatic heterocycles. The number of carboxylic acids is 1. The molecule has 0 spiro atoms. The molecule has 0 bridgehead atoms. The van der Waals surface area contributed by atoms with Gasteiger partial charge < -0.3 is 5.11 Å². The first kappa shape index (κ1) is 11.3. The highest BCUT2D eigenvalue weighted by Crippen LogP contribution is 2.68. The summed E-state index contributed by atoms with van der Waals surface area (Å²) in [6.45, 7) is 3.29. The van der Waals surface area contributed by atoms with Crippen molar-refractivity contribution in [3.63, 3.8) is 0 Å². The number of hydrogen-bond donors (Lipinski definition) is 1. The number of halogens is 3. The number of aliphatic carboxylic acids is 1. The van der Waals surface area contributed by atoms with E-state index in [9.17, 15) is 4.79 Å². The molecule has 11 heavy (non-hydrogen) atoms. The Morgan fingerprint density at radius 1 is 1.55 bits per heavy atom. The molecule has 2 atom stereocenters. The summed E-state index contributed by atoms with van der Waals surface area (Å²) in [6.07, 6.45) is 0. The quantitative estimate of drug-likeness (QED) is 0.687. The van der Waals surface area contributed by atoms with Gasteiger partial charge in [0.05, 0.1) is 0 Å². The Kier molecular flexibility index (Phi) is 2.76. The summed E-state index contributed by atoms with van der Waals surface area (Å²) in [5, 5.41) is 8.65. The highest BCUT2D eigenvalue weighted by Gasteiger charge is 2.75. The van der Waals surface area contributed by atoms with Crippen molar-refractivity contribution in [2.45, 2.75) is 18.2 Å². The van der Waals surface area contributed by atoms with Crippen LogP contribution in [0.15, 0.2) is 0 Å². The Hall–Kier alpha value is 0.340. The van der Waals surface area contributed by atoms with Crippen LogP contribution in [0.5, 0.6) is 0 Å². The van der Waals surface area contributed by atoms with E-state index in [2.05, 4.69) is 0 Å². The van der Waals surface area contributed by atoms with Crippen LogP contribution in [-0.2, 0) is 4.79 Å². The fourth-order valence-corrected chi connectivity index (χ4v) is 1.88. The summed E-state index contributed by atoms with van der Waals surface area (Å²) < 4.78 is -1.07. The third-order valence-electron chi connectivity index (χ3n) is 2.46. The van der Waals surface area contributed by atoms with Crippen LogP contribution >= 0.6 is 35.6 Å². The van der Waals surface area contributed by atoms with Crippen molar-refractivity contribution in [1.82, 2.24) is 0 Å².